The van der Waals surface area contributed by atoms with E-state index >= 15 is 0 Å². The van der Waals surface area contributed by atoms with E-state index < -0.39 is 0 Å². The number of carbonyl (C=O) groups is 1. The fraction of sp³-hybridized carbons (Fsp3) is 0.696. The summed E-state index contributed by atoms with van der Waals surface area (Å²) in [7, 11) is 0. The Morgan fingerprint density at radius 1 is 1.24 bits per heavy atom. The lowest BCUT2D eigenvalue weighted by Gasteiger charge is -2.43. The monoisotopic (exact) mass is 393 g/mol. The molecular formula is C23H31N5O. The van der Waals surface area contributed by atoms with Gasteiger partial charge in [-0.05, 0) is 56.2 Å². The highest BCUT2D eigenvalue weighted by molar-refractivity contribution is 5.81. The van der Waals surface area contributed by atoms with E-state index in [0.29, 0.717) is 11.8 Å². The number of amides is 1. The van der Waals surface area contributed by atoms with E-state index in [1.54, 1.807) is 0 Å². The average Bonchev–Trinajstić information content (AvgIpc) is 3.65. The lowest BCUT2D eigenvalue weighted by atomic mass is 9.93. The molecule has 1 N–H and O–H groups in total. The Bertz CT molecular complexity index is 852. The number of nitriles is 1. The summed E-state index contributed by atoms with van der Waals surface area (Å²) >= 11 is 0. The molecule has 4 aliphatic rings. The van der Waals surface area contributed by atoms with E-state index in [-0.39, 0.29) is 12.0 Å². The highest BCUT2D eigenvalue weighted by atomic mass is 16.2. The topological polar surface area (TPSA) is 72.3 Å². The van der Waals surface area contributed by atoms with Crippen LogP contribution in [0, 0.1) is 17.2 Å². The van der Waals surface area contributed by atoms with Gasteiger partial charge < -0.3 is 15.1 Å². The van der Waals surface area contributed by atoms with Crippen LogP contribution in [-0.2, 0) is 17.8 Å². The van der Waals surface area contributed by atoms with Crippen molar-refractivity contribution >= 4 is 11.7 Å². The molecule has 0 radical (unpaired) electrons. The summed E-state index contributed by atoms with van der Waals surface area (Å²) in [6, 6.07) is 2.74. The highest BCUT2D eigenvalue weighted by Crippen LogP contribution is 2.44. The van der Waals surface area contributed by atoms with Gasteiger partial charge in [0.1, 0.15) is 11.9 Å². The zero-order valence-corrected chi connectivity index (χ0v) is 17.4. The quantitative estimate of drug-likeness (QED) is 0.833. The lowest BCUT2D eigenvalue weighted by Crippen LogP contribution is -2.56. The Balaban J connectivity index is 1.48. The summed E-state index contributed by atoms with van der Waals surface area (Å²) in [5.41, 5.74) is 4.52. The molecule has 0 aromatic carbocycles. The normalized spacial score (nSPS) is 24.2. The Kier molecular flexibility index (Phi) is 4.95. The minimum atomic E-state index is 0.234. The van der Waals surface area contributed by atoms with E-state index in [0.717, 1.165) is 76.2 Å². The number of piperazine rings is 1. The largest absolute Gasteiger partial charge is 0.352 e. The average molecular weight is 394 g/mol. The molecule has 29 heavy (non-hydrogen) atoms. The smallest absolute Gasteiger partial charge is 0.226 e. The van der Waals surface area contributed by atoms with Gasteiger partial charge in [0.25, 0.3) is 0 Å². The molecule has 3 fully saturated rings. The minimum absolute atomic E-state index is 0.234. The van der Waals surface area contributed by atoms with Crippen molar-refractivity contribution in [3.05, 3.63) is 22.4 Å². The summed E-state index contributed by atoms with van der Waals surface area (Å²) < 4.78 is 0. The van der Waals surface area contributed by atoms with Crippen LogP contribution >= 0.6 is 0 Å². The van der Waals surface area contributed by atoms with Crippen molar-refractivity contribution < 1.29 is 4.79 Å². The van der Waals surface area contributed by atoms with Crippen LogP contribution in [0.2, 0.25) is 0 Å². The van der Waals surface area contributed by atoms with Crippen molar-refractivity contribution in [2.75, 3.05) is 31.1 Å². The first-order valence-corrected chi connectivity index (χ1v) is 11.4. The Labute approximate surface area is 173 Å². The van der Waals surface area contributed by atoms with Crippen LogP contribution in [0.1, 0.15) is 73.8 Å². The van der Waals surface area contributed by atoms with Gasteiger partial charge in [0.2, 0.25) is 5.91 Å². The number of fused-ring (bicyclic) bond motifs is 1. The second kappa shape index (κ2) is 7.60. The van der Waals surface area contributed by atoms with Gasteiger partial charge in [0.15, 0.2) is 0 Å². The van der Waals surface area contributed by atoms with Gasteiger partial charge in [-0.25, -0.2) is 4.98 Å². The number of pyridine rings is 1. The zero-order valence-electron chi connectivity index (χ0n) is 17.4. The fourth-order valence-electron chi connectivity index (χ4n) is 5.10. The fourth-order valence-corrected chi connectivity index (χ4v) is 5.10. The van der Waals surface area contributed by atoms with Crippen LogP contribution in [0.15, 0.2) is 0 Å². The van der Waals surface area contributed by atoms with Crippen molar-refractivity contribution in [2.45, 2.75) is 70.4 Å². The van der Waals surface area contributed by atoms with Crippen molar-refractivity contribution in [3.8, 4) is 6.07 Å². The first-order chi connectivity index (χ1) is 14.2. The molecule has 2 aliphatic heterocycles. The van der Waals surface area contributed by atoms with Gasteiger partial charge in [0.05, 0.1) is 11.3 Å². The van der Waals surface area contributed by atoms with Crippen molar-refractivity contribution in [3.63, 3.8) is 0 Å². The molecule has 1 saturated heterocycles. The molecular weight excluding hydrogens is 362 g/mol. The molecule has 3 heterocycles. The maximum Gasteiger partial charge on any atom is 0.226 e. The Hall–Kier alpha value is -2.13. The van der Waals surface area contributed by atoms with Crippen LogP contribution in [0.25, 0.3) is 0 Å². The molecule has 1 aromatic heterocycles. The number of hydrogen-bond acceptors (Lipinski definition) is 5. The molecule has 2 saturated carbocycles. The van der Waals surface area contributed by atoms with E-state index in [1.165, 1.54) is 29.7 Å². The number of carbonyl (C=O) groups excluding carboxylic acids is 1. The van der Waals surface area contributed by atoms with Crippen LogP contribution in [0.3, 0.4) is 0 Å². The van der Waals surface area contributed by atoms with Gasteiger partial charge in [0, 0.05) is 44.1 Å². The SMILES string of the molecule is CCC[C@@H]1CN(c2nc(C3CC3)c3c(c2C#N)CCNC3)CCN1C(=O)C1CC1. The number of nitrogens with zero attached hydrogens (tertiary/aromatic N) is 4. The molecule has 1 aromatic rings. The molecule has 1 atom stereocenters. The number of aromatic nitrogens is 1. The minimum Gasteiger partial charge on any atom is -0.352 e. The third-order valence-corrected chi connectivity index (χ3v) is 6.97. The lowest BCUT2D eigenvalue weighted by molar-refractivity contribution is -0.135. The summed E-state index contributed by atoms with van der Waals surface area (Å²) in [5, 5.41) is 13.5. The van der Waals surface area contributed by atoms with Gasteiger partial charge in [-0.15, -0.1) is 0 Å². The predicted molar refractivity (Wildman–Crippen MR) is 112 cm³/mol. The maximum atomic E-state index is 12.8. The molecule has 1 amide bonds. The van der Waals surface area contributed by atoms with Crippen LogP contribution in [-0.4, -0.2) is 48.0 Å². The van der Waals surface area contributed by atoms with Crippen LogP contribution < -0.4 is 10.2 Å². The highest BCUT2D eigenvalue weighted by Gasteiger charge is 2.40. The first kappa shape index (κ1) is 18.9. The zero-order chi connectivity index (χ0) is 20.0. The Morgan fingerprint density at radius 3 is 2.76 bits per heavy atom. The van der Waals surface area contributed by atoms with Crippen molar-refractivity contribution in [1.29, 1.82) is 5.26 Å². The second-order valence-electron chi connectivity index (χ2n) is 9.16. The molecule has 2 aliphatic carbocycles. The molecule has 0 unspecified atom stereocenters. The van der Waals surface area contributed by atoms with Gasteiger partial charge in [-0.2, -0.15) is 5.26 Å². The number of nitrogens with one attached hydrogen (secondary N) is 1. The summed E-state index contributed by atoms with van der Waals surface area (Å²) in [4.78, 5) is 22.3. The molecule has 6 heteroatoms. The third-order valence-electron chi connectivity index (χ3n) is 6.97. The Morgan fingerprint density at radius 2 is 2.07 bits per heavy atom. The van der Waals surface area contributed by atoms with Gasteiger partial charge >= 0.3 is 0 Å². The van der Waals surface area contributed by atoms with E-state index in [2.05, 4.69) is 28.1 Å². The van der Waals surface area contributed by atoms with Crippen molar-refractivity contribution in [1.82, 2.24) is 15.2 Å². The molecule has 5 rings (SSSR count). The van der Waals surface area contributed by atoms with E-state index in [9.17, 15) is 10.1 Å². The molecule has 154 valence electrons. The summed E-state index contributed by atoms with van der Waals surface area (Å²) in [5.74, 6) is 2.08. The molecule has 0 bridgehead atoms. The number of rotatable bonds is 5. The maximum absolute atomic E-state index is 12.8. The van der Waals surface area contributed by atoms with Crippen molar-refractivity contribution in [2.24, 2.45) is 5.92 Å². The van der Waals surface area contributed by atoms with Gasteiger partial charge in [-0.3, -0.25) is 4.79 Å². The van der Waals surface area contributed by atoms with E-state index in [4.69, 9.17) is 4.98 Å². The third kappa shape index (κ3) is 3.50. The van der Waals surface area contributed by atoms with Gasteiger partial charge in [-0.1, -0.05) is 13.3 Å². The number of anilines is 1. The predicted octanol–water partition coefficient (Wildman–Crippen LogP) is 2.70. The number of hydrogen-bond donors (Lipinski definition) is 1. The van der Waals surface area contributed by atoms with E-state index in [1.807, 2.05) is 0 Å². The summed E-state index contributed by atoms with van der Waals surface area (Å²) in [6.45, 7) is 6.29. The summed E-state index contributed by atoms with van der Waals surface area (Å²) in [6.07, 6.45) is 7.53. The van der Waals surface area contributed by atoms with Crippen LogP contribution in [0.5, 0.6) is 0 Å². The standard InChI is InChI=1S/C23H31N5O/c1-2-3-17-14-27(10-11-28(17)23(29)16-6-7-16)22-19(12-24)18-8-9-25-13-20(18)21(26-22)15-4-5-15/h15-17,25H,2-11,13-14H2,1H3/t17-/m1/s1. The molecule has 0 spiro atoms. The second-order valence-corrected chi connectivity index (χ2v) is 9.16. The molecule has 6 nitrogen and oxygen atoms in total. The van der Waals surface area contributed by atoms with Crippen LogP contribution in [0.4, 0.5) is 5.82 Å². The first-order valence-electron chi connectivity index (χ1n) is 11.4.